The summed E-state index contributed by atoms with van der Waals surface area (Å²) >= 11 is 3.36. The molecule has 1 aliphatic rings. The number of amides is 1. The summed E-state index contributed by atoms with van der Waals surface area (Å²) in [6.45, 7) is 1.63. The summed E-state index contributed by atoms with van der Waals surface area (Å²) in [5.74, 6) is -0.255. The molecule has 0 spiro atoms. The third-order valence-electron chi connectivity index (χ3n) is 4.11. The van der Waals surface area contributed by atoms with Crippen molar-refractivity contribution in [1.82, 2.24) is 5.32 Å². The standard InChI is InChI=1S/C18H18BrFN2O/c19-14-6-4-13(5-7-14)18(23)21-16-8-10-22(11-9-16)17-3-1-2-15(20)12-17/h1-7,12,16H,8-11H2,(H,21,23). The van der Waals surface area contributed by atoms with Crippen LogP contribution in [0, 0.1) is 5.82 Å². The van der Waals surface area contributed by atoms with Gasteiger partial charge in [0.15, 0.2) is 0 Å². The minimum absolute atomic E-state index is 0.0401. The van der Waals surface area contributed by atoms with Crippen molar-refractivity contribution in [2.45, 2.75) is 18.9 Å². The van der Waals surface area contributed by atoms with Crippen LogP contribution in [-0.2, 0) is 0 Å². The summed E-state index contributed by atoms with van der Waals surface area (Å²) < 4.78 is 14.3. The van der Waals surface area contributed by atoms with E-state index in [2.05, 4.69) is 26.1 Å². The normalized spacial score (nSPS) is 15.5. The smallest absolute Gasteiger partial charge is 0.251 e. The summed E-state index contributed by atoms with van der Waals surface area (Å²) in [7, 11) is 0. The summed E-state index contributed by atoms with van der Waals surface area (Å²) in [6, 6.07) is 14.2. The second-order valence-corrected chi connectivity index (χ2v) is 6.64. The number of rotatable bonds is 3. The molecule has 0 atom stereocenters. The second-order valence-electron chi connectivity index (χ2n) is 5.72. The molecule has 120 valence electrons. The van der Waals surface area contributed by atoms with Gasteiger partial charge in [0, 0.05) is 34.9 Å². The summed E-state index contributed by atoms with van der Waals surface area (Å²) in [5, 5.41) is 3.08. The van der Waals surface area contributed by atoms with Crippen LogP contribution in [0.25, 0.3) is 0 Å². The van der Waals surface area contributed by atoms with Gasteiger partial charge in [-0.2, -0.15) is 0 Å². The molecule has 0 saturated carbocycles. The number of benzene rings is 2. The van der Waals surface area contributed by atoms with Crippen molar-refractivity contribution in [3.63, 3.8) is 0 Å². The first-order valence-electron chi connectivity index (χ1n) is 7.69. The van der Waals surface area contributed by atoms with E-state index < -0.39 is 0 Å². The van der Waals surface area contributed by atoms with Crippen molar-refractivity contribution < 1.29 is 9.18 Å². The van der Waals surface area contributed by atoms with Gasteiger partial charge in [-0.25, -0.2) is 4.39 Å². The van der Waals surface area contributed by atoms with Crippen molar-refractivity contribution in [3.8, 4) is 0 Å². The third kappa shape index (κ3) is 4.10. The lowest BCUT2D eigenvalue weighted by Crippen LogP contribution is -2.44. The first kappa shape index (κ1) is 16.0. The Labute approximate surface area is 143 Å². The number of carbonyl (C=O) groups excluding carboxylic acids is 1. The molecule has 1 heterocycles. The first-order chi connectivity index (χ1) is 11.1. The largest absolute Gasteiger partial charge is 0.371 e. The maximum Gasteiger partial charge on any atom is 0.251 e. The fraction of sp³-hybridized carbons (Fsp3) is 0.278. The Morgan fingerprint density at radius 2 is 1.83 bits per heavy atom. The third-order valence-corrected chi connectivity index (χ3v) is 4.64. The zero-order valence-corrected chi connectivity index (χ0v) is 14.2. The van der Waals surface area contributed by atoms with E-state index in [0.29, 0.717) is 5.56 Å². The molecule has 1 aliphatic heterocycles. The molecule has 0 radical (unpaired) electrons. The Morgan fingerprint density at radius 3 is 2.48 bits per heavy atom. The van der Waals surface area contributed by atoms with Gasteiger partial charge in [0.2, 0.25) is 0 Å². The molecule has 3 rings (SSSR count). The van der Waals surface area contributed by atoms with Crippen LogP contribution in [0.5, 0.6) is 0 Å². The molecule has 2 aromatic rings. The molecule has 1 amide bonds. The number of hydrogen-bond donors (Lipinski definition) is 1. The number of nitrogens with zero attached hydrogens (tertiary/aromatic N) is 1. The van der Waals surface area contributed by atoms with Gasteiger partial charge in [0.25, 0.3) is 5.91 Å². The topological polar surface area (TPSA) is 32.3 Å². The van der Waals surface area contributed by atoms with Crippen LogP contribution in [0.4, 0.5) is 10.1 Å². The van der Waals surface area contributed by atoms with Crippen LogP contribution in [0.15, 0.2) is 53.0 Å². The predicted molar refractivity (Wildman–Crippen MR) is 93.2 cm³/mol. The highest BCUT2D eigenvalue weighted by atomic mass is 79.9. The van der Waals surface area contributed by atoms with E-state index >= 15 is 0 Å². The van der Waals surface area contributed by atoms with Crippen LogP contribution in [-0.4, -0.2) is 25.0 Å². The number of halogens is 2. The maximum atomic E-state index is 13.3. The molecule has 2 aromatic carbocycles. The Hall–Kier alpha value is -1.88. The molecule has 5 heteroatoms. The Kier molecular flexibility index (Phi) is 4.96. The Bertz CT molecular complexity index is 682. The first-order valence-corrected chi connectivity index (χ1v) is 8.48. The molecule has 1 N–H and O–H groups in total. The lowest BCUT2D eigenvalue weighted by molar-refractivity contribution is 0.0931. The van der Waals surface area contributed by atoms with E-state index in [4.69, 9.17) is 0 Å². The lowest BCUT2D eigenvalue weighted by atomic mass is 10.0. The summed E-state index contributed by atoms with van der Waals surface area (Å²) in [6.07, 6.45) is 1.72. The van der Waals surface area contributed by atoms with Crippen molar-refractivity contribution in [2.24, 2.45) is 0 Å². The number of piperidine rings is 1. The zero-order chi connectivity index (χ0) is 16.2. The molecule has 0 aliphatic carbocycles. The summed E-state index contributed by atoms with van der Waals surface area (Å²) in [5.41, 5.74) is 1.57. The average molecular weight is 377 g/mol. The van der Waals surface area contributed by atoms with E-state index in [0.717, 1.165) is 36.1 Å². The molecule has 3 nitrogen and oxygen atoms in total. The number of nitrogens with one attached hydrogen (secondary N) is 1. The highest BCUT2D eigenvalue weighted by Gasteiger charge is 2.21. The minimum Gasteiger partial charge on any atom is -0.371 e. The Balaban J connectivity index is 1.55. The molecule has 1 fully saturated rings. The monoisotopic (exact) mass is 376 g/mol. The van der Waals surface area contributed by atoms with Gasteiger partial charge in [0.1, 0.15) is 5.82 Å². The van der Waals surface area contributed by atoms with Gasteiger partial charge in [0.05, 0.1) is 0 Å². The molecular weight excluding hydrogens is 359 g/mol. The van der Waals surface area contributed by atoms with Gasteiger partial charge in [-0.1, -0.05) is 22.0 Å². The zero-order valence-electron chi connectivity index (χ0n) is 12.6. The molecule has 23 heavy (non-hydrogen) atoms. The Morgan fingerprint density at radius 1 is 1.13 bits per heavy atom. The van der Waals surface area contributed by atoms with Crippen LogP contribution < -0.4 is 10.2 Å². The number of anilines is 1. The lowest BCUT2D eigenvalue weighted by Gasteiger charge is -2.34. The minimum atomic E-state index is -0.215. The fourth-order valence-electron chi connectivity index (χ4n) is 2.82. The SMILES string of the molecule is O=C(NC1CCN(c2cccc(F)c2)CC1)c1ccc(Br)cc1. The maximum absolute atomic E-state index is 13.3. The van der Waals surface area contributed by atoms with E-state index in [1.807, 2.05) is 18.2 Å². The van der Waals surface area contributed by atoms with Crippen LogP contribution in [0.3, 0.4) is 0 Å². The average Bonchev–Trinajstić information content (AvgIpc) is 2.56. The van der Waals surface area contributed by atoms with Crippen molar-refractivity contribution in [1.29, 1.82) is 0 Å². The van der Waals surface area contributed by atoms with Gasteiger partial charge in [-0.05, 0) is 55.3 Å². The van der Waals surface area contributed by atoms with Crippen LogP contribution >= 0.6 is 15.9 Å². The van der Waals surface area contributed by atoms with Crippen molar-refractivity contribution >= 4 is 27.5 Å². The van der Waals surface area contributed by atoms with E-state index in [1.54, 1.807) is 24.3 Å². The molecule has 0 unspecified atom stereocenters. The van der Waals surface area contributed by atoms with E-state index in [1.165, 1.54) is 6.07 Å². The fourth-order valence-corrected chi connectivity index (χ4v) is 3.09. The molecule has 0 aromatic heterocycles. The summed E-state index contributed by atoms with van der Waals surface area (Å²) in [4.78, 5) is 14.4. The van der Waals surface area contributed by atoms with Crippen molar-refractivity contribution in [2.75, 3.05) is 18.0 Å². The predicted octanol–water partition coefficient (Wildman–Crippen LogP) is 3.99. The second kappa shape index (κ2) is 7.13. The van der Waals surface area contributed by atoms with Crippen LogP contribution in [0.2, 0.25) is 0 Å². The number of hydrogen-bond acceptors (Lipinski definition) is 2. The van der Waals surface area contributed by atoms with Gasteiger partial charge < -0.3 is 10.2 Å². The van der Waals surface area contributed by atoms with E-state index in [9.17, 15) is 9.18 Å². The van der Waals surface area contributed by atoms with Crippen LogP contribution in [0.1, 0.15) is 23.2 Å². The highest BCUT2D eigenvalue weighted by Crippen LogP contribution is 2.21. The number of carbonyl (C=O) groups is 1. The van der Waals surface area contributed by atoms with Gasteiger partial charge >= 0.3 is 0 Å². The van der Waals surface area contributed by atoms with Crippen molar-refractivity contribution in [3.05, 3.63) is 64.4 Å². The highest BCUT2D eigenvalue weighted by molar-refractivity contribution is 9.10. The molecule has 0 bridgehead atoms. The quantitative estimate of drug-likeness (QED) is 0.878. The van der Waals surface area contributed by atoms with Gasteiger partial charge in [-0.15, -0.1) is 0 Å². The van der Waals surface area contributed by atoms with E-state index in [-0.39, 0.29) is 17.8 Å². The molecular formula is C18H18BrFN2O. The van der Waals surface area contributed by atoms with Gasteiger partial charge in [-0.3, -0.25) is 4.79 Å². The molecule has 1 saturated heterocycles.